The van der Waals surface area contributed by atoms with E-state index >= 15 is 0 Å². The largest absolute Gasteiger partial charge is 0.454 e. The van der Waals surface area contributed by atoms with Crippen LogP contribution in [-0.4, -0.2) is 31.1 Å². The van der Waals surface area contributed by atoms with Gasteiger partial charge in [-0.3, -0.25) is 0 Å². The van der Waals surface area contributed by atoms with Crippen LogP contribution < -0.4 is 0 Å². The quantitative estimate of drug-likeness (QED) is 0.793. The molecule has 0 saturated carbocycles. The summed E-state index contributed by atoms with van der Waals surface area (Å²) in [5.74, 6) is -0.430. The molecule has 1 fully saturated rings. The van der Waals surface area contributed by atoms with Crippen LogP contribution in [0.25, 0.3) is 0 Å². The predicted molar refractivity (Wildman–Crippen MR) is 85.1 cm³/mol. The molecule has 0 spiro atoms. The fourth-order valence-corrected chi connectivity index (χ4v) is 2.54. The Labute approximate surface area is 132 Å². The molecule has 2 rings (SSSR count). The van der Waals surface area contributed by atoms with Crippen molar-refractivity contribution in [1.82, 2.24) is 0 Å². The van der Waals surface area contributed by atoms with Crippen molar-refractivity contribution < 1.29 is 19.0 Å². The van der Waals surface area contributed by atoms with E-state index in [1.807, 2.05) is 39.0 Å². The van der Waals surface area contributed by atoms with Gasteiger partial charge in [-0.05, 0) is 56.4 Å². The van der Waals surface area contributed by atoms with Gasteiger partial charge in [0.1, 0.15) is 6.10 Å². The van der Waals surface area contributed by atoms with Crippen molar-refractivity contribution in [3.05, 3.63) is 34.9 Å². The first-order chi connectivity index (χ1) is 10.3. The van der Waals surface area contributed by atoms with E-state index in [0.29, 0.717) is 24.7 Å². The molecular formula is C18H26O4. The van der Waals surface area contributed by atoms with Crippen molar-refractivity contribution >= 4 is 5.97 Å². The van der Waals surface area contributed by atoms with Gasteiger partial charge >= 0.3 is 5.97 Å². The molecule has 1 heterocycles. The molecule has 122 valence electrons. The molecule has 4 nitrogen and oxygen atoms in total. The molecule has 0 amide bonds. The van der Waals surface area contributed by atoms with Crippen molar-refractivity contribution in [1.29, 1.82) is 0 Å². The molecule has 22 heavy (non-hydrogen) atoms. The minimum Gasteiger partial charge on any atom is -0.454 e. The summed E-state index contributed by atoms with van der Waals surface area (Å²) in [5, 5.41) is 0. The van der Waals surface area contributed by atoms with Gasteiger partial charge in [0, 0.05) is 0 Å². The first-order valence-electron chi connectivity index (χ1n) is 7.92. The van der Waals surface area contributed by atoms with Crippen LogP contribution in [0.1, 0.15) is 61.5 Å². The van der Waals surface area contributed by atoms with Crippen LogP contribution in [0.15, 0.2) is 18.2 Å². The summed E-state index contributed by atoms with van der Waals surface area (Å²) in [7, 11) is 0. The highest BCUT2D eigenvalue weighted by atomic mass is 16.7. The predicted octanol–water partition coefficient (Wildman–Crippen LogP) is 3.82. The molecule has 0 aliphatic carbocycles. The van der Waals surface area contributed by atoms with Crippen LogP contribution in [0.5, 0.6) is 0 Å². The number of hydrogen-bond acceptors (Lipinski definition) is 4. The number of aryl methyl sites for hydroxylation is 1. The molecule has 4 heteroatoms. The third-order valence-electron chi connectivity index (χ3n) is 4.16. The molecular weight excluding hydrogens is 280 g/mol. The summed E-state index contributed by atoms with van der Waals surface area (Å²) in [6, 6.07) is 5.76. The minimum atomic E-state index is -0.600. The van der Waals surface area contributed by atoms with Gasteiger partial charge in [-0.15, -0.1) is 0 Å². The molecule has 0 N–H and O–H groups in total. The number of carbonyl (C=O) groups is 1. The van der Waals surface area contributed by atoms with Crippen LogP contribution in [0, 0.1) is 6.92 Å². The minimum absolute atomic E-state index is 0.323. The van der Waals surface area contributed by atoms with Gasteiger partial charge in [0.05, 0.1) is 18.8 Å². The second-order valence-electron chi connectivity index (χ2n) is 6.43. The maximum atomic E-state index is 12.2. The maximum absolute atomic E-state index is 12.2. The molecule has 1 aromatic rings. The lowest BCUT2D eigenvalue weighted by Gasteiger charge is -2.34. The molecule has 1 saturated heterocycles. The zero-order chi connectivity index (χ0) is 16.3. The highest BCUT2D eigenvalue weighted by Crippen LogP contribution is 2.24. The van der Waals surface area contributed by atoms with E-state index < -0.39 is 5.79 Å². The molecule has 0 bridgehead atoms. The Kier molecular flexibility index (Phi) is 5.24. The lowest BCUT2D eigenvalue weighted by atomic mass is 9.93. The van der Waals surface area contributed by atoms with Crippen LogP contribution in [0.2, 0.25) is 0 Å². The fraction of sp³-hybridized carbons (Fsp3) is 0.611. The zero-order valence-corrected chi connectivity index (χ0v) is 14.1. The molecule has 1 unspecified atom stereocenters. The Morgan fingerprint density at radius 3 is 2.55 bits per heavy atom. The summed E-state index contributed by atoms with van der Waals surface area (Å²) in [6.07, 6.45) is 0.729. The standard InChI is InChI=1S/C18H26O4/c1-6-12(2)16-8-7-14(9-13(16)3)17(19)22-15-10-20-18(4,5)21-11-15/h7-9,12,15H,6,10-11H2,1-5H3. The lowest BCUT2D eigenvalue weighted by molar-refractivity contribution is -0.272. The van der Waals surface area contributed by atoms with Gasteiger partial charge in [-0.2, -0.15) is 0 Å². The van der Waals surface area contributed by atoms with Gasteiger partial charge in [-0.1, -0.05) is 19.9 Å². The molecule has 1 aliphatic rings. The van der Waals surface area contributed by atoms with E-state index in [4.69, 9.17) is 14.2 Å². The summed E-state index contributed by atoms with van der Waals surface area (Å²) < 4.78 is 16.5. The molecule has 1 atom stereocenters. The van der Waals surface area contributed by atoms with E-state index in [2.05, 4.69) is 13.8 Å². The smallest absolute Gasteiger partial charge is 0.338 e. The van der Waals surface area contributed by atoms with Gasteiger partial charge < -0.3 is 14.2 Å². The Morgan fingerprint density at radius 1 is 1.36 bits per heavy atom. The first kappa shape index (κ1) is 17.0. The van der Waals surface area contributed by atoms with Gasteiger partial charge in [-0.25, -0.2) is 4.79 Å². The summed E-state index contributed by atoms with van der Waals surface area (Å²) in [4.78, 5) is 12.2. The SMILES string of the molecule is CCC(C)c1ccc(C(=O)OC2COC(C)(C)OC2)cc1C. The number of esters is 1. The maximum Gasteiger partial charge on any atom is 0.338 e. The van der Waals surface area contributed by atoms with Gasteiger partial charge in [0.15, 0.2) is 5.79 Å². The molecule has 0 radical (unpaired) electrons. The molecule has 1 aromatic carbocycles. The van der Waals surface area contributed by atoms with Crippen LogP contribution in [0.3, 0.4) is 0 Å². The normalized spacial score (nSPS) is 19.7. The van der Waals surface area contributed by atoms with Crippen LogP contribution in [0.4, 0.5) is 0 Å². The lowest BCUT2D eigenvalue weighted by Crippen LogP contribution is -2.43. The number of carbonyl (C=O) groups excluding carboxylic acids is 1. The van der Waals surface area contributed by atoms with Crippen LogP contribution in [-0.2, 0) is 14.2 Å². The Morgan fingerprint density at radius 2 is 2.00 bits per heavy atom. The molecule has 1 aliphatic heterocycles. The Hall–Kier alpha value is -1.39. The van der Waals surface area contributed by atoms with E-state index in [-0.39, 0.29) is 12.1 Å². The number of ether oxygens (including phenoxy) is 3. The fourth-order valence-electron chi connectivity index (χ4n) is 2.54. The monoisotopic (exact) mass is 306 g/mol. The number of benzene rings is 1. The van der Waals surface area contributed by atoms with Crippen LogP contribution >= 0.6 is 0 Å². The topological polar surface area (TPSA) is 44.8 Å². The summed E-state index contributed by atoms with van der Waals surface area (Å²) in [6.45, 7) is 10.8. The first-order valence-corrected chi connectivity index (χ1v) is 7.92. The number of hydrogen-bond donors (Lipinski definition) is 0. The van der Waals surface area contributed by atoms with Gasteiger partial charge in [0.2, 0.25) is 0 Å². The third-order valence-corrected chi connectivity index (χ3v) is 4.16. The second-order valence-corrected chi connectivity index (χ2v) is 6.43. The van der Waals surface area contributed by atoms with E-state index in [0.717, 1.165) is 12.0 Å². The average molecular weight is 306 g/mol. The van der Waals surface area contributed by atoms with Crippen molar-refractivity contribution in [2.24, 2.45) is 0 Å². The van der Waals surface area contributed by atoms with Crippen molar-refractivity contribution in [2.45, 2.75) is 58.8 Å². The summed E-state index contributed by atoms with van der Waals surface area (Å²) >= 11 is 0. The molecule has 0 aromatic heterocycles. The van der Waals surface area contributed by atoms with E-state index in [1.54, 1.807) is 0 Å². The highest BCUT2D eigenvalue weighted by Gasteiger charge is 2.30. The third kappa shape index (κ3) is 4.08. The van der Waals surface area contributed by atoms with Crippen molar-refractivity contribution in [2.75, 3.05) is 13.2 Å². The van der Waals surface area contributed by atoms with Gasteiger partial charge in [0.25, 0.3) is 0 Å². The van der Waals surface area contributed by atoms with E-state index in [1.165, 1.54) is 5.56 Å². The number of rotatable bonds is 4. The van der Waals surface area contributed by atoms with Crippen molar-refractivity contribution in [3.8, 4) is 0 Å². The Balaban J connectivity index is 2.00. The average Bonchev–Trinajstić information content (AvgIpc) is 2.48. The van der Waals surface area contributed by atoms with E-state index in [9.17, 15) is 4.79 Å². The highest BCUT2D eigenvalue weighted by molar-refractivity contribution is 5.89. The second kappa shape index (κ2) is 6.80. The van der Waals surface area contributed by atoms with Crippen molar-refractivity contribution in [3.63, 3.8) is 0 Å². The Bertz CT molecular complexity index is 526. The summed E-state index contributed by atoms with van der Waals surface area (Å²) in [5.41, 5.74) is 2.99. The zero-order valence-electron chi connectivity index (χ0n) is 14.1.